The Balaban J connectivity index is 0.00000312. The normalized spacial score (nSPS) is 21.6. The van der Waals surface area contributed by atoms with E-state index in [0.717, 1.165) is 58.1 Å². The van der Waals surface area contributed by atoms with Crippen molar-refractivity contribution in [3.05, 3.63) is 18.5 Å². The van der Waals surface area contributed by atoms with Crippen molar-refractivity contribution in [3.63, 3.8) is 0 Å². The molecule has 1 aromatic rings. The molecule has 0 aromatic carbocycles. The Bertz CT molecular complexity index is 471. The number of ether oxygens (including phenoxy) is 1. The van der Waals surface area contributed by atoms with Gasteiger partial charge in [0, 0.05) is 58.7 Å². The van der Waals surface area contributed by atoms with Crippen LogP contribution in [0.5, 0.6) is 0 Å². The van der Waals surface area contributed by atoms with Crippen molar-refractivity contribution in [2.24, 2.45) is 4.99 Å². The molecular formula is C17H33IN6O. The van der Waals surface area contributed by atoms with Crippen LogP contribution in [0.15, 0.2) is 23.5 Å². The van der Waals surface area contributed by atoms with Crippen LogP contribution >= 0.6 is 24.0 Å². The summed E-state index contributed by atoms with van der Waals surface area (Å²) in [5.74, 6) is 0.874. The van der Waals surface area contributed by atoms with Gasteiger partial charge in [-0.2, -0.15) is 5.10 Å². The molecule has 0 amide bonds. The van der Waals surface area contributed by atoms with E-state index in [1.165, 1.54) is 0 Å². The summed E-state index contributed by atoms with van der Waals surface area (Å²) >= 11 is 0. The molecule has 1 fully saturated rings. The van der Waals surface area contributed by atoms with Crippen molar-refractivity contribution in [1.29, 1.82) is 0 Å². The molecule has 1 aliphatic rings. The largest absolute Gasteiger partial charge is 0.373 e. The first kappa shape index (κ1) is 22.2. The molecule has 1 aliphatic heterocycles. The quantitative estimate of drug-likeness (QED) is 0.265. The van der Waals surface area contributed by atoms with E-state index < -0.39 is 0 Å². The summed E-state index contributed by atoms with van der Waals surface area (Å²) in [6, 6.07) is 1.95. The maximum Gasteiger partial charge on any atom is 0.190 e. The molecule has 1 saturated heterocycles. The Morgan fingerprint density at radius 2 is 1.80 bits per heavy atom. The van der Waals surface area contributed by atoms with Gasteiger partial charge in [-0.15, -0.1) is 24.0 Å². The van der Waals surface area contributed by atoms with Gasteiger partial charge in [-0.05, 0) is 32.8 Å². The number of aromatic nitrogens is 2. The van der Waals surface area contributed by atoms with Gasteiger partial charge in [0.2, 0.25) is 0 Å². The van der Waals surface area contributed by atoms with E-state index in [-0.39, 0.29) is 24.0 Å². The highest BCUT2D eigenvalue weighted by Crippen LogP contribution is 2.10. The van der Waals surface area contributed by atoms with Gasteiger partial charge in [-0.3, -0.25) is 14.6 Å². The summed E-state index contributed by atoms with van der Waals surface area (Å²) in [7, 11) is 1.81. The predicted molar refractivity (Wildman–Crippen MR) is 113 cm³/mol. The second-order valence-corrected chi connectivity index (χ2v) is 6.42. The standard InChI is InChI=1S/C17H32N6O.HI/c1-15-13-22(14-16(2)24-15)10-4-7-19-17(18-3)20-8-5-11-23-12-6-9-21-23;/h6,9,12,15-16H,4-5,7-8,10-11,13-14H2,1-3H3,(H2,18,19,20);1H. The molecule has 1 aromatic heterocycles. The van der Waals surface area contributed by atoms with Crippen molar-refractivity contribution in [1.82, 2.24) is 25.3 Å². The molecule has 0 bridgehead atoms. The first-order valence-corrected chi connectivity index (χ1v) is 8.97. The summed E-state index contributed by atoms with van der Waals surface area (Å²) in [5, 5.41) is 10.9. The SMILES string of the molecule is CN=C(NCCCN1CC(C)OC(C)C1)NCCCn1cccn1.I. The third-order valence-electron chi connectivity index (χ3n) is 4.08. The van der Waals surface area contributed by atoms with Crippen molar-refractivity contribution < 1.29 is 4.74 Å². The highest BCUT2D eigenvalue weighted by atomic mass is 127. The van der Waals surface area contributed by atoms with Gasteiger partial charge in [0.05, 0.1) is 12.2 Å². The van der Waals surface area contributed by atoms with Crippen LogP contribution in [0.3, 0.4) is 0 Å². The molecule has 7 nitrogen and oxygen atoms in total. The van der Waals surface area contributed by atoms with E-state index in [0.29, 0.717) is 12.2 Å². The number of hydrogen-bond donors (Lipinski definition) is 2. The molecule has 2 atom stereocenters. The Hall–Kier alpha value is -0.870. The molecular weight excluding hydrogens is 431 g/mol. The maximum absolute atomic E-state index is 5.77. The van der Waals surface area contributed by atoms with Gasteiger partial charge in [0.1, 0.15) is 0 Å². The lowest BCUT2D eigenvalue weighted by molar-refractivity contribution is -0.0679. The number of rotatable bonds is 8. The fourth-order valence-corrected chi connectivity index (χ4v) is 3.08. The zero-order valence-corrected chi connectivity index (χ0v) is 18.0. The number of morpholine rings is 1. The summed E-state index contributed by atoms with van der Waals surface area (Å²) < 4.78 is 7.71. The Kier molecular flexibility index (Phi) is 11.1. The van der Waals surface area contributed by atoms with Crippen molar-refractivity contribution in [3.8, 4) is 0 Å². The number of nitrogens with zero attached hydrogens (tertiary/aromatic N) is 4. The second kappa shape index (κ2) is 12.5. The molecule has 2 heterocycles. The molecule has 2 rings (SSSR count). The third kappa shape index (κ3) is 8.87. The number of guanidine groups is 1. The Morgan fingerprint density at radius 1 is 1.16 bits per heavy atom. The summed E-state index contributed by atoms with van der Waals surface area (Å²) in [4.78, 5) is 6.76. The van der Waals surface area contributed by atoms with Crippen molar-refractivity contribution in [2.45, 2.75) is 45.4 Å². The summed E-state index contributed by atoms with van der Waals surface area (Å²) in [6.45, 7) is 10.2. The van der Waals surface area contributed by atoms with Crippen LogP contribution in [-0.4, -0.2) is 72.6 Å². The highest BCUT2D eigenvalue weighted by molar-refractivity contribution is 14.0. The molecule has 0 saturated carbocycles. The van der Waals surface area contributed by atoms with Crippen LogP contribution in [0.25, 0.3) is 0 Å². The molecule has 8 heteroatoms. The molecule has 0 aliphatic carbocycles. The monoisotopic (exact) mass is 464 g/mol. The minimum absolute atomic E-state index is 0. The Morgan fingerprint density at radius 3 is 2.36 bits per heavy atom. The molecule has 25 heavy (non-hydrogen) atoms. The van der Waals surface area contributed by atoms with Gasteiger partial charge >= 0.3 is 0 Å². The zero-order chi connectivity index (χ0) is 17.2. The fourth-order valence-electron chi connectivity index (χ4n) is 3.08. The maximum atomic E-state index is 5.77. The van der Waals surface area contributed by atoms with Crippen molar-refractivity contribution >= 4 is 29.9 Å². The molecule has 2 unspecified atom stereocenters. The van der Waals surface area contributed by atoms with Crippen LogP contribution < -0.4 is 10.6 Å². The lowest BCUT2D eigenvalue weighted by Gasteiger charge is -2.35. The molecule has 2 N–H and O–H groups in total. The van der Waals surface area contributed by atoms with Crippen LogP contribution in [0.4, 0.5) is 0 Å². The number of nitrogens with one attached hydrogen (secondary N) is 2. The highest BCUT2D eigenvalue weighted by Gasteiger charge is 2.21. The Labute approximate surface area is 168 Å². The van der Waals surface area contributed by atoms with Gasteiger partial charge in [-0.25, -0.2) is 0 Å². The first-order valence-electron chi connectivity index (χ1n) is 8.97. The van der Waals surface area contributed by atoms with Gasteiger partial charge in [0.15, 0.2) is 5.96 Å². The number of hydrogen-bond acceptors (Lipinski definition) is 4. The topological polar surface area (TPSA) is 66.7 Å². The number of aliphatic imine (C=N–C) groups is 1. The molecule has 0 radical (unpaired) electrons. The van der Waals surface area contributed by atoms with E-state index in [9.17, 15) is 0 Å². The van der Waals surface area contributed by atoms with E-state index in [1.54, 1.807) is 0 Å². The van der Waals surface area contributed by atoms with Crippen LogP contribution in [0.2, 0.25) is 0 Å². The molecule has 0 spiro atoms. The minimum Gasteiger partial charge on any atom is -0.373 e. The van der Waals surface area contributed by atoms with E-state index >= 15 is 0 Å². The van der Waals surface area contributed by atoms with Gasteiger partial charge < -0.3 is 15.4 Å². The van der Waals surface area contributed by atoms with Gasteiger partial charge in [0.25, 0.3) is 0 Å². The van der Waals surface area contributed by atoms with Crippen molar-refractivity contribution in [2.75, 3.05) is 39.8 Å². The average Bonchev–Trinajstić information content (AvgIpc) is 3.06. The van der Waals surface area contributed by atoms with E-state index in [1.807, 2.05) is 30.2 Å². The van der Waals surface area contributed by atoms with E-state index in [2.05, 4.69) is 39.5 Å². The van der Waals surface area contributed by atoms with E-state index in [4.69, 9.17) is 4.74 Å². The number of aryl methyl sites for hydroxylation is 1. The minimum atomic E-state index is 0. The smallest absolute Gasteiger partial charge is 0.190 e. The first-order chi connectivity index (χ1) is 11.7. The van der Waals surface area contributed by atoms with Crippen LogP contribution in [-0.2, 0) is 11.3 Å². The molecule has 144 valence electrons. The zero-order valence-electron chi connectivity index (χ0n) is 15.6. The van der Waals surface area contributed by atoms with Crippen LogP contribution in [0.1, 0.15) is 26.7 Å². The lowest BCUT2D eigenvalue weighted by atomic mass is 10.2. The average molecular weight is 464 g/mol. The van der Waals surface area contributed by atoms with Crippen LogP contribution in [0, 0.1) is 0 Å². The third-order valence-corrected chi connectivity index (χ3v) is 4.08. The number of halogens is 1. The summed E-state index contributed by atoms with van der Waals surface area (Å²) in [6.07, 6.45) is 6.60. The summed E-state index contributed by atoms with van der Waals surface area (Å²) in [5.41, 5.74) is 0. The second-order valence-electron chi connectivity index (χ2n) is 6.42. The lowest BCUT2D eigenvalue weighted by Crippen LogP contribution is -2.46. The fraction of sp³-hybridized carbons (Fsp3) is 0.765. The predicted octanol–water partition coefficient (Wildman–Crippen LogP) is 1.56. The van der Waals surface area contributed by atoms with Gasteiger partial charge in [-0.1, -0.05) is 0 Å².